The Bertz CT molecular complexity index is 962. The Morgan fingerprint density at radius 2 is 1.93 bits per heavy atom. The summed E-state index contributed by atoms with van der Waals surface area (Å²) >= 11 is 0. The maximum atomic E-state index is 13.4. The summed E-state index contributed by atoms with van der Waals surface area (Å²) in [7, 11) is 0. The highest BCUT2D eigenvalue weighted by Crippen LogP contribution is 2.20. The number of aryl methyl sites for hydroxylation is 1. The van der Waals surface area contributed by atoms with Crippen LogP contribution < -0.4 is 5.32 Å². The molecule has 1 fully saturated rings. The van der Waals surface area contributed by atoms with Gasteiger partial charge in [0.2, 0.25) is 0 Å². The first-order valence-electron chi connectivity index (χ1n) is 9.54. The normalized spacial score (nSPS) is 16.2. The van der Waals surface area contributed by atoms with Crippen molar-refractivity contribution in [3.05, 3.63) is 71.2 Å². The zero-order valence-electron chi connectivity index (χ0n) is 15.9. The van der Waals surface area contributed by atoms with Gasteiger partial charge in [0.1, 0.15) is 11.5 Å². The smallest absolute Gasteiger partial charge is 0.268 e. The Morgan fingerprint density at radius 3 is 2.68 bits per heavy atom. The number of fused-ring (bicyclic) bond motifs is 1. The molecule has 3 aromatic rings. The summed E-state index contributed by atoms with van der Waals surface area (Å²) in [6.07, 6.45) is 0. The van der Waals surface area contributed by atoms with Gasteiger partial charge in [0, 0.05) is 30.5 Å². The zero-order chi connectivity index (χ0) is 19.5. The summed E-state index contributed by atoms with van der Waals surface area (Å²) in [6, 6.07) is 14.2. The van der Waals surface area contributed by atoms with Crippen LogP contribution in [0.15, 0.2) is 48.5 Å². The predicted octanol–water partition coefficient (Wildman–Crippen LogP) is 3.42. The van der Waals surface area contributed by atoms with Crippen molar-refractivity contribution in [2.24, 2.45) is 0 Å². The molecule has 0 saturated carbocycles. The second-order valence-electron chi connectivity index (χ2n) is 7.26. The largest absolute Gasteiger partial charge is 0.379 e. The van der Waals surface area contributed by atoms with Gasteiger partial charge in [-0.05, 0) is 36.8 Å². The van der Waals surface area contributed by atoms with Crippen LogP contribution in [0.25, 0.3) is 10.9 Å². The van der Waals surface area contributed by atoms with E-state index in [4.69, 9.17) is 4.74 Å². The number of rotatable bonds is 5. The fourth-order valence-electron chi connectivity index (χ4n) is 3.54. The fourth-order valence-corrected chi connectivity index (χ4v) is 3.54. The number of carbonyl (C=O) groups is 1. The third-order valence-electron chi connectivity index (χ3n) is 5.16. The summed E-state index contributed by atoms with van der Waals surface area (Å²) in [5, 5.41) is 3.83. The van der Waals surface area contributed by atoms with Crippen LogP contribution >= 0.6 is 0 Å². The highest BCUT2D eigenvalue weighted by atomic mass is 19.1. The molecule has 1 amide bonds. The summed E-state index contributed by atoms with van der Waals surface area (Å²) in [6.45, 7) is 5.88. The van der Waals surface area contributed by atoms with Crippen molar-refractivity contribution < 1.29 is 13.9 Å². The molecule has 0 aliphatic carbocycles. The molecule has 1 aliphatic heterocycles. The molecule has 146 valence electrons. The SMILES string of the molecule is Cc1ccc(C(CN2CCOCC2)NC(=O)c2cc3cc(F)ccc3[nH]2)cc1. The second kappa shape index (κ2) is 8.12. The van der Waals surface area contributed by atoms with E-state index in [9.17, 15) is 9.18 Å². The van der Waals surface area contributed by atoms with Crippen LogP contribution in [-0.2, 0) is 4.74 Å². The standard InChI is InChI=1S/C22H24FN3O2/c1-15-2-4-16(5-3-15)21(14-26-8-10-28-11-9-26)25-22(27)20-13-17-12-18(23)6-7-19(17)24-20/h2-7,12-13,21,24H,8-11,14H2,1H3,(H,25,27). The van der Waals surface area contributed by atoms with E-state index in [1.165, 1.54) is 17.7 Å². The zero-order valence-corrected chi connectivity index (χ0v) is 15.9. The minimum Gasteiger partial charge on any atom is -0.379 e. The lowest BCUT2D eigenvalue weighted by Crippen LogP contribution is -2.43. The summed E-state index contributed by atoms with van der Waals surface area (Å²) in [5.41, 5.74) is 3.41. The average Bonchev–Trinajstić information content (AvgIpc) is 3.12. The van der Waals surface area contributed by atoms with Crippen LogP contribution in [0.2, 0.25) is 0 Å². The third kappa shape index (κ3) is 4.24. The van der Waals surface area contributed by atoms with Gasteiger partial charge in [-0.3, -0.25) is 9.69 Å². The van der Waals surface area contributed by atoms with Gasteiger partial charge >= 0.3 is 0 Å². The molecule has 1 aromatic heterocycles. The highest BCUT2D eigenvalue weighted by Gasteiger charge is 2.21. The van der Waals surface area contributed by atoms with Gasteiger partial charge < -0.3 is 15.0 Å². The van der Waals surface area contributed by atoms with E-state index in [0.717, 1.165) is 24.2 Å². The van der Waals surface area contributed by atoms with Crippen LogP contribution in [0.1, 0.15) is 27.7 Å². The molecule has 0 bridgehead atoms. The van der Waals surface area contributed by atoms with E-state index in [0.29, 0.717) is 30.8 Å². The predicted molar refractivity (Wildman–Crippen MR) is 107 cm³/mol. The first kappa shape index (κ1) is 18.7. The van der Waals surface area contributed by atoms with Crippen molar-refractivity contribution in [2.75, 3.05) is 32.8 Å². The van der Waals surface area contributed by atoms with Crippen molar-refractivity contribution in [2.45, 2.75) is 13.0 Å². The number of hydrogen-bond donors (Lipinski definition) is 2. The minimum atomic E-state index is -0.316. The van der Waals surface area contributed by atoms with Crippen molar-refractivity contribution in [3.63, 3.8) is 0 Å². The molecule has 5 nitrogen and oxygen atoms in total. The van der Waals surface area contributed by atoms with Crippen LogP contribution in [-0.4, -0.2) is 48.6 Å². The summed E-state index contributed by atoms with van der Waals surface area (Å²) in [5.74, 6) is -0.515. The van der Waals surface area contributed by atoms with Gasteiger partial charge in [0.25, 0.3) is 5.91 Å². The number of nitrogens with zero attached hydrogens (tertiary/aromatic N) is 1. The Balaban J connectivity index is 1.55. The first-order valence-corrected chi connectivity index (χ1v) is 9.54. The average molecular weight is 381 g/mol. The fraction of sp³-hybridized carbons (Fsp3) is 0.318. The third-order valence-corrected chi connectivity index (χ3v) is 5.16. The maximum Gasteiger partial charge on any atom is 0.268 e. The Kier molecular flexibility index (Phi) is 5.41. The highest BCUT2D eigenvalue weighted by molar-refractivity contribution is 5.98. The number of aromatic nitrogens is 1. The van der Waals surface area contributed by atoms with E-state index in [1.54, 1.807) is 12.1 Å². The number of ether oxygens (including phenoxy) is 1. The lowest BCUT2D eigenvalue weighted by Gasteiger charge is -2.31. The molecule has 1 aliphatic rings. The van der Waals surface area contributed by atoms with Gasteiger partial charge in [-0.25, -0.2) is 4.39 Å². The Hall–Kier alpha value is -2.70. The van der Waals surface area contributed by atoms with Gasteiger partial charge in [-0.2, -0.15) is 0 Å². The number of carbonyl (C=O) groups excluding carboxylic acids is 1. The van der Waals surface area contributed by atoms with Gasteiger partial charge in [-0.1, -0.05) is 29.8 Å². The number of aromatic amines is 1. The lowest BCUT2D eigenvalue weighted by molar-refractivity contribution is 0.0332. The van der Waals surface area contributed by atoms with Crippen LogP contribution in [0.3, 0.4) is 0 Å². The Labute approximate surface area is 163 Å². The van der Waals surface area contributed by atoms with Crippen LogP contribution in [0.5, 0.6) is 0 Å². The van der Waals surface area contributed by atoms with E-state index in [-0.39, 0.29) is 17.8 Å². The van der Waals surface area contributed by atoms with E-state index in [2.05, 4.69) is 39.5 Å². The monoisotopic (exact) mass is 381 g/mol. The van der Waals surface area contributed by atoms with Gasteiger partial charge in [0.05, 0.1) is 19.3 Å². The minimum absolute atomic E-state index is 0.144. The van der Waals surface area contributed by atoms with Gasteiger partial charge in [0.15, 0.2) is 0 Å². The molecule has 4 rings (SSSR count). The molecule has 0 spiro atoms. The second-order valence-corrected chi connectivity index (χ2v) is 7.26. The number of nitrogens with one attached hydrogen (secondary N) is 2. The van der Waals surface area contributed by atoms with E-state index >= 15 is 0 Å². The van der Waals surface area contributed by atoms with Gasteiger partial charge in [-0.15, -0.1) is 0 Å². The first-order chi connectivity index (χ1) is 13.6. The number of H-pyrrole nitrogens is 1. The molecular formula is C22H24FN3O2. The molecule has 0 radical (unpaired) electrons. The molecule has 1 atom stereocenters. The van der Waals surface area contributed by atoms with Crippen molar-refractivity contribution in [3.8, 4) is 0 Å². The Morgan fingerprint density at radius 1 is 1.18 bits per heavy atom. The molecule has 28 heavy (non-hydrogen) atoms. The number of morpholine rings is 1. The molecular weight excluding hydrogens is 357 g/mol. The summed E-state index contributed by atoms with van der Waals surface area (Å²) in [4.78, 5) is 18.3. The lowest BCUT2D eigenvalue weighted by atomic mass is 10.0. The molecule has 2 N–H and O–H groups in total. The topological polar surface area (TPSA) is 57.4 Å². The maximum absolute atomic E-state index is 13.4. The molecule has 1 saturated heterocycles. The number of benzene rings is 2. The molecule has 2 heterocycles. The number of amides is 1. The van der Waals surface area contributed by atoms with Crippen molar-refractivity contribution in [1.29, 1.82) is 0 Å². The molecule has 2 aromatic carbocycles. The molecule has 1 unspecified atom stereocenters. The number of halogens is 1. The van der Waals surface area contributed by atoms with Crippen LogP contribution in [0.4, 0.5) is 4.39 Å². The quantitative estimate of drug-likeness (QED) is 0.712. The van der Waals surface area contributed by atoms with E-state index < -0.39 is 0 Å². The summed E-state index contributed by atoms with van der Waals surface area (Å²) < 4.78 is 18.9. The van der Waals surface area contributed by atoms with Crippen molar-refractivity contribution in [1.82, 2.24) is 15.2 Å². The van der Waals surface area contributed by atoms with Crippen molar-refractivity contribution >= 4 is 16.8 Å². The number of hydrogen-bond acceptors (Lipinski definition) is 3. The molecule has 6 heteroatoms. The van der Waals surface area contributed by atoms with Crippen LogP contribution in [0, 0.1) is 12.7 Å². The van der Waals surface area contributed by atoms with E-state index in [1.807, 2.05) is 6.92 Å².